The third-order valence-corrected chi connectivity index (χ3v) is 2.62. The monoisotopic (exact) mass is 219 g/mol. The lowest BCUT2D eigenvalue weighted by molar-refractivity contribution is 0.105. The fraction of sp³-hybridized carbons (Fsp3) is 0.385. The molecule has 0 fully saturated rings. The molecular weight excluding hydrogens is 202 g/mol. The van der Waals surface area contributed by atoms with E-state index in [0.717, 1.165) is 16.7 Å². The highest BCUT2D eigenvalue weighted by Gasteiger charge is 2.17. The number of Topliss-reactive ketones (excluding diaryl/α,β-unsaturated/α-hetero) is 1. The molecule has 0 unspecified atom stereocenters. The maximum absolute atomic E-state index is 12.1. The highest BCUT2D eigenvalue weighted by atomic mass is 16.4. The van der Waals surface area contributed by atoms with Crippen molar-refractivity contribution in [3.05, 3.63) is 34.4 Å². The van der Waals surface area contributed by atoms with E-state index in [0.29, 0.717) is 12.0 Å². The van der Waals surface area contributed by atoms with Crippen molar-refractivity contribution in [1.82, 2.24) is 0 Å². The van der Waals surface area contributed by atoms with Crippen LogP contribution in [0.3, 0.4) is 0 Å². The van der Waals surface area contributed by atoms with Crippen LogP contribution in [0.5, 0.6) is 0 Å². The molecule has 0 radical (unpaired) electrons. The number of nitrogens with zero attached hydrogens (tertiary/aromatic N) is 1. The lowest BCUT2D eigenvalue weighted by Gasteiger charge is -2.10. The summed E-state index contributed by atoms with van der Waals surface area (Å²) in [6, 6.07) is 3.93. The number of benzene rings is 1. The van der Waals surface area contributed by atoms with Crippen molar-refractivity contribution in [2.45, 2.75) is 34.1 Å². The molecule has 86 valence electrons. The largest absolute Gasteiger partial charge is 0.411 e. The molecule has 1 aromatic carbocycles. The molecule has 0 bridgehead atoms. The third kappa shape index (κ3) is 2.30. The Morgan fingerprint density at radius 2 is 1.75 bits per heavy atom. The minimum absolute atomic E-state index is 0.181. The number of hydrogen-bond acceptors (Lipinski definition) is 3. The van der Waals surface area contributed by atoms with Crippen LogP contribution in [-0.4, -0.2) is 16.7 Å². The lowest BCUT2D eigenvalue weighted by Crippen LogP contribution is -2.16. The summed E-state index contributed by atoms with van der Waals surface area (Å²) in [6.45, 7) is 7.59. The highest BCUT2D eigenvalue weighted by Crippen LogP contribution is 2.18. The van der Waals surface area contributed by atoms with Gasteiger partial charge in [-0.15, -0.1) is 0 Å². The van der Waals surface area contributed by atoms with Gasteiger partial charge in [-0.3, -0.25) is 4.79 Å². The van der Waals surface area contributed by atoms with E-state index >= 15 is 0 Å². The second kappa shape index (κ2) is 4.92. The second-order valence-electron chi connectivity index (χ2n) is 4.00. The van der Waals surface area contributed by atoms with Crippen LogP contribution >= 0.6 is 0 Å². The minimum Gasteiger partial charge on any atom is -0.411 e. The SMILES string of the molecule is CCC(=NO)C(=O)c1c(C)cc(C)cc1C. The van der Waals surface area contributed by atoms with Crippen LogP contribution in [0.15, 0.2) is 17.3 Å². The zero-order valence-corrected chi connectivity index (χ0v) is 10.2. The summed E-state index contributed by atoms with van der Waals surface area (Å²) < 4.78 is 0. The number of ketones is 1. The molecule has 0 aliphatic rings. The summed E-state index contributed by atoms with van der Waals surface area (Å²) in [5, 5.41) is 11.8. The fourth-order valence-electron chi connectivity index (χ4n) is 1.96. The van der Waals surface area contributed by atoms with E-state index in [2.05, 4.69) is 5.16 Å². The summed E-state index contributed by atoms with van der Waals surface area (Å²) in [6.07, 6.45) is 0.433. The highest BCUT2D eigenvalue weighted by molar-refractivity contribution is 6.46. The average molecular weight is 219 g/mol. The lowest BCUT2D eigenvalue weighted by atomic mass is 9.94. The predicted octanol–water partition coefficient (Wildman–Crippen LogP) is 3.03. The van der Waals surface area contributed by atoms with Gasteiger partial charge in [0.1, 0.15) is 5.71 Å². The van der Waals surface area contributed by atoms with Gasteiger partial charge in [-0.25, -0.2) is 0 Å². The van der Waals surface area contributed by atoms with Crippen molar-refractivity contribution in [3.63, 3.8) is 0 Å². The van der Waals surface area contributed by atoms with Crippen LogP contribution in [0.25, 0.3) is 0 Å². The smallest absolute Gasteiger partial charge is 0.211 e. The van der Waals surface area contributed by atoms with E-state index in [9.17, 15) is 4.79 Å². The van der Waals surface area contributed by atoms with Crippen molar-refractivity contribution in [3.8, 4) is 0 Å². The molecular formula is C13H17NO2. The van der Waals surface area contributed by atoms with Gasteiger partial charge in [-0.1, -0.05) is 29.8 Å². The summed E-state index contributed by atoms with van der Waals surface area (Å²) in [7, 11) is 0. The van der Waals surface area contributed by atoms with E-state index in [1.165, 1.54) is 0 Å². The zero-order valence-electron chi connectivity index (χ0n) is 10.2. The molecule has 1 aromatic rings. The van der Waals surface area contributed by atoms with Crippen LogP contribution in [0, 0.1) is 20.8 Å². The Morgan fingerprint density at radius 3 is 2.12 bits per heavy atom. The van der Waals surface area contributed by atoms with E-state index in [4.69, 9.17) is 5.21 Å². The molecule has 0 saturated heterocycles. The number of carbonyl (C=O) groups excluding carboxylic acids is 1. The van der Waals surface area contributed by atoms with E-state index in [-0.39, 0.29) is 11.5 Å². The molecule has 0 amide bonds. The Bertz CT molecular complexity index is 424. The Balaban J connectivity index is 3.29. The molecule has 0 spiro atoms. The molecule has 0 aliphatic heterocycles. The predicted molar refractivity (Wildman–Crippen MR) is 64.5 cm³/mol. The van der Waals surface area contributed by atoms with E-state index in [1.807, 2.05) is 32.9 Å². The van der Waals surface area contributed by atoms with Crippen molar-refractivity contribution in [1.29, 1.82) is 0 Å². The molecule has 0 aromatic heterocycles. The van der Waals surface area contributed by atoms with Gasteiger partial charge < -0.3 is 5.21 Å². The van der Waals surface area contributed by atoms with Crippen molar-refractivity contribution in [2.24, 2.45) is 5.16 Å². The normalized spacial score (nSPS) is 11.6. The van der Waals surface area contributed by atoms with Crippen LogP contribution in [-0.2, 0) is 0 Å². The maximum Gasteiger partial charge on any atom is 0.211 e. The summed E-state index contributed by atoms with van der Waals surface area (Å²) in [5.74, 6) is -0.181. The van der Waals surface area contributed by atoms with Gasteiger partial charge in [0.15, 0.2) is 0 Å². The zero-order chi connectivity index (χ0) is 12.3. The van der Waals surface area contributed by atoms with Gasteiger partial charge in [0.05, 0.1) is 0 Å². The summed E-state index contributed by atoms with van der Waals surface area (Å²) in [4.78, 5) is 12.1. The van der Waals surface area contributed by atoms with Gasteiger partial charge in [0.25, 0.3) is 0 Å². The average Bonchev–Trinajstić information content (AvgIpc) is 2.17. The number of rotatable bonds is 3. The molecule has 0 aliphatic carbocycles. The van der Waals surface area contributed by atoms with Gasteiger partial charge in [0.2, 0.25) is 5.78 Å². The summed E-state index contributed by atoms with van der Waals surface area (Å²) in [5.41, 5.74) is 3.84. The first-order chi connectivity index (χ1) is 7.51. The molecule has 0 atom stereocenters. The number of carbonyl (C=O) groups is 1. The van der Waals surface area contributed by atoms with Crippen LogP contribution in [0.4, 0.5) is 0 Å². The van der Waals surface area contributed by atoms with Gasteiger partial charge in [-0.05, 0) is 38.3 Å². The molecule has 1 rings (SSSR count). The quantitative estimate of drug-likeness (QED) is 0.367. The third-order valence-electron chi connectivity index (χ3n) is 2.62. The molecule has 1 N–H and O–H groups in total. The number of aryl methyl sites for hydroxylation is 3. The second-order valence-corrected chi connectivity index (χ2v) is 4.00. The molecule has 3 heteroatoms. The Morgan fingerprint density at radius 1 is 1.25 bits per heavy atom. The van der Waals surface area contributed by atoms with E-state index < -0.39 is 0 Å². The Hall–Kier alpha value is -1.64. The number of hydrogen-bond donors (Lipinski definition) is 1. The standard InChI is InChI=1S/C13H17NO2/c1-5-11(14-16)13(15)12-9(3)6-8(2)7-10(12)4/h6-7,16H,5H2,1-4H3. The Labute approximate surface area is 95.8 Å². The first kappa shape index (κ1) is 12.4. The molecule has 0 heterocycles. The van der Waals surface area contributed by atoms with E-state index in [1.54, 1.807) is 6.92 Å². The van der Waals surface area contributed by atoms with Gasteiger partial charge in [-0.2, -0.15) is 0 Å². The van der Waals surface area contributed by atoms with Crippen molar-refractivity contribution < 1.29 is 10.0 Å². The van der Waals surface area contributed by atoms with Crippen LogP contribution < -0.4 is 0 Å². The Kier molecular flexibility index (Phi) is 3.82. The molecule has 16 heavy (non-hydrogen) atoms. The summed E-state index contributed by atoms with van der Waals surface area (Å²) >= 11 is 0. The first-order valence-corrected chi connectivity index (χ1v) is 5.34. The van der Waals surface area contributed by atoms with Crippen molar-refractivity contribution in [2.75, 3.05) is 0 Å². The van der Waals surface area contributed by atoms with Crippen molar-refractivity contribution >= 4 is 11.5 Å². The topological polar surface area (TPSA) is 49.7 Å². The first-order valence-electron chi connectivity index (χ1n) is 5.34. The molecule has 3 nitrogen and oxygen atoms in total. The van der Waals surface area contributed by atoms with Gasteiger partial charge in [0, 0.05) is 5.56 Å². The van der Waals surface area contributed by atoms with Gasteiger partial charge >= 0.3 is 0 Å². The number of oxime groups is 1. The maximum atomic E-state index is 12.1. The van der Waals surface area contributed by atoms with Crippen LogP contribution in [0.1, 0.15) is 40.4 Å². The minimum atomic E-state index is -0.181. The fourth-order valence-corrected chi connectivity index (χ4v) is 1.96. The molecule has 0 saturated carbocycles. The van der Waals surface area contributed by atoms with Crippen LogP contribution in [0.2, 0.25) is 0 Å².